The summed E-state index contributed by atoms with van der Waals surface area (Å²) in [5, 5.41) is 8.70. The monoisotopic (exact) mass is 424 g/mol. The predicted molar refractivity (Wildman–Crippen MR) is 118 cm³/mol. The van der Waals surface area contributed by atoms with Crippen molar-refractivity contribution in [3.63, 3.8) is 0 Å². The van der Waals surface area contributed by atoms with Gasteiger partial charge in [-0.2, -0.15) is 5.26 Å². The van der Waals surface area contributed by atoms with Crippen LogP contribution >= 0.6 is 0 Å². The molecule has 0 saturated heterocycles. The summed E-state index contributed by atoms with van der Waals surface area (Å²) < 4.78 is 32.0. The van der Waals surface area contributed by atoms with Gasteiger partial charge < -0.3 is 9.04 Å². The van der Waals surface area contributed by atoms with Crippen LogP contribution in [0.15, 0.2) is 29.2 Å². The summed E-state index contributed by atoms with van der Waals surface area (Å²) in [5.74, 6) is 0. The van der Waals surface area contributed by atoms with Crippen LogP contribution in [-0.2, 0) is 10.1 Å². The number of hydrogen-bond donors (Lipinski definition) is 0. The van der Waals surface area contributed by atoms with Crippen LogP contribution in [0.2, 0.25) is 0 Å². The summed E-state index contributed by atoms with van der Waals surface area (Å²) in [6, 6.07) is 8.05. The predicted octanol–water partition coefficient (Wildman–Crippen LogP) is 5.41. The SMILES string of the molecule is CCCCCCCCCCCC[N+](C)(C)CC#N.Cc1ccc(S(=O)(=O)[O-])cc1. The molecular weight excluding hydrogens is 384 g/mol. The molecule has 1 rings (SSSR count). The Morgan fingerprint density at radius 1 is 0.897 bits per heavy atom. The molecule has 166 valence electrons. The van der Waals surface area contributed by atoms with Crippen molar-refractivity contribution in [1.82, 2.24) is 0 Å². The van der Waals surface area contributed by atoms with E-state index < -0.39 is 10.1 Å². The number of rotatable bonds is 13. The molecule has 0 heterocycles. The fourth-order valence-electron chi connectivity index (χ4n) is 3.00. The molecule has 0 spiro atoms. The minimum atomic E-state index is -4.27. The van der Waals surface area contributed by atoms with Crippen molar-refractivity contribution in [1.29, 1.82) is 5.26 Å². The zero-order chi connectivity index (χ0) is 22.2. The minimum absolute atomic E-state index is 0.178. The highest BCUT2D eigenvalue weighted by atomic mass is 32.2. The molecule has 29 heavy (non-hydrogen) atoms. The van der Waals surface area contributed by atoms with Gasteiger partial charge in [0.2, 0.25) is 0 Å². The van der Waals surface area contributed by atoms with Gasteiger partial charge in [-0.05, 0) is 31.9 Å². The fraction of sp³-hybridized carbons (Fsp3) is 0.696. The molecule has 0 N–H and O–H groups in total. The van der Waals surface area contributed by atoms with Gasteiger partial charge in [-0.1, -0.05) is 76.0 Å². The summed E-state index contributed by atoms with van der Waals surface area (Å²) in [6.45, 7) is 5.87. The Morgan fingerprint density at radius 2 is 1.34 bits per heavy atom. The summed E-state index contributed by atoms with van der Waals surface area (Å²) in [5.41, 5.74) is 0.928. The molecule has 0 aliphatic heterocycles. The van der Waals surface area contributed by atoms with Crippen LogP contribution in [0.3, 0.4) is 0 Å². The van der Waals surface area contributed by atoms with Crippen LogP contribution in [0.4, 0.5) is 0 Å². The van der Waals surface area contributed by atoms with E-state index in [4.69, 9.17) is 5.26 Å². The van der Waals surface area contributed by atoms with Gasteiger partial charge >= 0.3 is 0 Å². The lowest BCUT2D eigenvalue weighted by Gasteiger charge is -2.26. The van der Waals surface area contributed by atoms with E-state index in [1.165, 1.54) is 76.3 Å². The highest BCUT2D eigenvalue weighted by Gasteiger charge is 2.12. The Balaban J connectivity index is 0.000000604. The smallest absolute Gasteiger partial charge is 0.166 e. The first-order chi connectivity index (χ1) is 13.6. The molecule has 0 unspecified atom stereocenters. The second-order valence-corrected chi connectivity index (χ2v) is 9.80. The molecule has 0 amide bonds. The number of quaternary nitrogens is 1. The van der Waals surface area contributed by atoms with Gasteiger partial charge in [0.15, 0.2) is 6.54 Å². The quantitative estimate of drug-likeness (QED) is 0.184. The Bertz CT molecular complexity index is 677. The molecule has 0 bridgehead atoms. The second kappa shape index (κ2) is 15.4. The molecule has 0 saturated carbocycles. The maximum atomic E-state index is 10.4. The zero-order valence-corrected chi connectivity index (χ0v) is 19.6. The van der Waals surface area contributed by atoms with Gasteiger partial charge in [-0.25, -0.2) is 8.42 Å². The molecule has 0 atom stereocenters. The van der Waals surface area contributed by atoms with E-state index in [9.17, 15) is 13.0 Å². The van der Waals surface area contributed by atoms with E-state index >= 15 is 0 Å². The maximum absolute atomic E-state index is 10.4. The summed E-state index contributed by atoms with van der Waals surface area (Å²) in [7, 11) is 0.0299. The highest BCUT2D eigenvalue weighted by molar-refractivity contribution is 7.85. The van der Waals surface area contributed by atoms with Crippen molar-refractivity contribution >= 4 is 10.1 Å². The van der Waals surface area contributed by atoms with E-state index in [0.717, 1.165) is 16.6 Å². The van der Waals surface area contributed by atoms with E-state index in [2.05, 4.69) is 27.1 Å². The Morgan fingerprint density at radius 3 is 1.76 bits per heavy atom. The van der Waals surface area contributed by atoms with E-state index in [1.807, 2.05) is 6.92 Å². The zero-order valence-electron chi connectivity index (χ0n) is 18.8. The fourth-order valence-corrected chi connectivity index (χ4v) is 3.47. The number of nitrogens with zero attached hydrogens (tertiary/aromatic N) is 2. The van der Waals surface area contributed by atoms with Crippen molar-refractivity contribution in [2.45, 2.75) is 83.0 Å². The average molecular weight is 425 g/mol. The first-order valence-electron chi connectivity index (χ1n) is 10.8. The molecule has 6 heteroatoms. The molecule has 0 aromatic heterocycles. The highest BCUT2D eigenvalue weighted by Crippen LogP contribution is 2.11. The number of aryl methyl sites for hydroxylation is 1. The minimum Gasteiger partial charge on any atom is -0.744 e. The maximum Gasteiger partial charge on any atom is 0.166 e. The van der Waals surface area contributed by atoms with E-state index in [-0.39, 0.29) is 4.90 Å². The molecule has 0 radical (unpaired) electrons. The van der Waals surface area contributed by atoms with Crippen LogP contribution in [0.25, 0.3) is 0 Å². The largest absolute Gasteiger partial charge is 0.744 e. The van der Waals surface area contributed by atoms with Crippen LogP contribution in [0.5, 0.6) is 0 Å². The van der Waals surface area contributed by atoms with Crippen molar-refractivity contribution in [2.24, 2.45) is 0 Å². The molecular formula is C23H40N2O3S. The first-order valence-corrected chi connectivity index (χ1v) is 12.2. The van der Waals surface area contributed by atoms with Crippen LogP contribution in [0.1, 0.15) is 76.7 Å². The molecule has 1 aromatic carbocycles. The molecule has 1 aromatic rings. The average Bonchev–Trinajstić information content (AvgIpc) is 2.63. The third kappa shape index (κ3) is 16.1. The van der Waals surface area contributed by atoms with Crippen LogP contribution < -0.4 is 0 Å². The van der Waals surface area contributed by atoms with Gasteiger partial charge in [0.05, 0.1) is 25.5 Å². The Hall–Kier alpha value is -1.42. The summed E-state index contributed by atoms with van der Waals surface area (Å²) >= 11 is 0. The normalized spacial score (nSPS) is 11.4. The van der Waals surface area contributed by atoms with Crippen molar-refractivity contribution < 1.29 is 17.5 Å². The van der Waals surface area contributed by atoms with Crippen molar-refractivity contribution in [3.05, 3.63) is 29.8 Å². The lowest BCUT2D eigenvalue weighted by atomic mass is 10.1. The van der Waals surface area contributed by atoms with Crippen molar-refractivity contribution in [2.75, 3.05) is 27.2 Å². The van der Waals surface area contributed by atoms with Gasteiger partial charge in [0, 0.05) is 0 Å². The third-order valence-electron chi connectivity index (χ3n) is 4.93. The van der Waals surface area contributed by atoms with Crippen LogP contribution in [-0.4, -0.2) is 44.6 Å². The number of nitriles is 1. The summed E-state index contributed by atoms with van der Waals surface area (Å²) in [4.78, 5) is -0.178. The Kier molecular flexibility index (Phi) is 14.7. The first kappa shape index (κ1) is 27.6. The standard InChI is InChI=1S/C16H33N2.C7H8O3S/c1-4-5-6-7-8-9-10-11-12-13-15-18(2,3)16-14-17;1-6-2-4-7(5-3-6)11(8,9)10/h4-13,15-16H2,1-3H3;2-5H,1H3,(H,8,9,10)/q+1;/p-1. The molecule has 0 aliphatic carbocycles. The molecule has 5 nitrogen and oxygen atoms in total. The topological polar surface area (TPSA) is 81.0 Å². The number of benzene rings is 1. The summed E-state index contributed by atoms with van der Waals surface area (Å²) in [6.07, 6.45) is 13.8. The van der Waals surface area contributed by atoms with Gasteiger partial charge in [-0.3, -0.25) is 0 Å². The van der Waals surface area contributed by atoms with Gasteiger partial charge in [0.25, 0.3) is 0 Å². The lowest BCUT2D eigenvalue weighted by Crippen LogP contribution is -2.40. The molecule has 0 fully saturated rings. The molecule has 0 aliphatic rings. The third-order valence-corrected chi connectivity index (χ3v) is 5.77. The second-order valence-electron chi connectivity index (χ2n) is 8.42. The van der Waals surface area contributed by atoms with E-state index in [0.29, 0.717) is 6.54 Å². The Labute approximate surface area is 179 Å². The van der Waals surface area contributed by atoms with Gasteiger partial charge in [0.1, 0.15) is 16.2 Å². The number of unbranched alkanes of at least 4 members (excludes halogenated alkanes) is 9. The van der Waals surface area contributed by atoms with Gasteiger partial charge in [-0.15, -0.1) is 0 Å². The van der Waals surface area contributed by atoms with Crippen molar-refractivity contribution in [3.8, 4) is 6.07 Å². The van der Waals surface area contributed by atoms with Crippen LogP contribution in [0, 0.1) is 18.3 Å². The van der Waals surface area contributed by atoms with E-state index in [1.54, 1.807) is 12.1 Å². The number of hydrogen-bond acceptors (Lipinski definition) is 4. The lowest BCUT2D eigenvalue weighted by molar-refractivity contribution is -0.883.